The van der Waals surface area contributed by atoms with Crippen molar-refractivity contribution in [1.82, 2.24) is 9.88 Å². The number of para-hydroxylation sites is 1. The number of alkyl halides is 3. The summed E-state index contributed by atoms with van der Waals surface area (Å²) in [6, 6.07) is 14.6. The van der Waals surface area contributed by atoms with Gasteiger partial charge < -0.3 is 9.64 Å². The van der Waals surface area contributed by atoms with Crippen molar-refractivity contribution in [2.45, 2.75) is 29.9 Å². The number of aromatic nitrogens is 1. The van der Waals surface area contributed by atoms with Crippen molar-refractivity contribution in [3.05, 3.63) is 78.6 Å². The molecule has 0 aliphatic carbocycles. The van der Waals surface area contributed by atoms with Crippen LogP contribution in [0.1, 0.15) is 12.5 Å². The average Bonchev–Trinajstić information content (AvgIpc) is 2.98. The second-order valence-corrected chi connectivity index (χ2v) is 8.34. The summed E-state index contributed by atoms with van der Waals surface area (Å²) in [5, 5.41) is 0. The van der Waals surface area contributed by atoms with Crippen LogP contribution in [0.4, 0.5) is 23.7 Å². The molecule has 0 N–H and O–H groups in total. The van der Waals surface area contributed by atoms with Crippen LogP contribution >= 0.6 is 11.8 Å². The molecule has 2 heterocycles. The van der Waals surface area contributed by atoms with E-state index in [1.54, 1.807) is 31.3 Å². The molecule has 1 aliphatic heterocycles. The lowest BCUT2D eigenvalue weighted by Gasteiger charge is -2.21. The third-order valence-electron chi connectivity index (χ3n) is 4.99. The van der Waals surface area contributed by atoms with Crippen molar-refractivity contribution in [1.29, 1.82) is 0 Å². The van der Waals surface area contributed by atoms with Crippen molar-refractivity contribution < 1.29 is 27.5 Å². The number of nitrogens with zero attached hydrogens (tertiary/aromatic N) is 3. The van der Waals surface area contributed by atoms with Crippen LogP contribution in [0.3, 0.4) is 0 Å². The Kier molecular flexibility index (Phi) is 6.28. The van der Waals surface area contributed by atoms with Gasteiger partial charge in [-0.15, -0.1) is 0 Å². The monoisotopic (exact) mass is 473 g/mol. The van der Waals surface area contributed by atoms with E-state index in [0.717, 1.165) is 4.90 Å². The Hall–Kier alpha value is -3.53. The minimum absolute atomic E-state index is 0.0327. The van der Waals surface area contributed by atoms with Crippen molar-refractivity contribution in [3.8, 4) is 11.5 Å². The van der Waals surface area contributed by atoms with Gasteiger partial charge >= 0.3 is 11.5 Å². The number of halogens is 3. The van der Waals surface area contributed by atoms with Crippen LogP contribution < -0.4 is 9.64 Å². The summed E-state index contributed by atoms with van der Waals surface area (Å²) in [5.74, 6) is 0.584. The third-order valence-corrected chi connectivity index (χ3v) is 5.73. The van der Waals surface area contributed by atoms with Crippen LogP contribution in [-0.2, 0) is 11.3 Å². The van der Waals surface area contributed by atoms with E-state index in [0.29, 0.717) is 17.1 Å². The molecule has 0 saturated carbocycles. The van der Waals surface area contributed by atoms with Crippen molar-refractivity contribution in [3.63, 3.8) is 0 Å². The number of anilines is 1. The number of urea groups is 1. The van der Waals surface area contributed by atoms with E-state index >= 15 is 0 Å². The minimum atomic E-state index is -4.42. The Morgan fingerprint density at radius 3 is 2.39 bits per heavy atom. The molecule has 1 fully saturated rings. The van der Waals surface area contributed by atoms with Gasteiger partial charge in [0, 0.05) is 16.7 Å². The highest BCUT2D eigenvalue weighted by atomic mass is 32.2. The molecule has 2 aromatic carbocycles. The van der Waals surface area contributed by atoms with Crippen molar-refractivity contribution >= 4 is 29.4 Å². The van der Waals surface area contributed by atoms with Gasteiger partial charge in [0.1, 0.15) is 11.8 Å². The van der Waals surface area contributed by atoms with Gasteiger partial charge in [-0.3, -0.25) is 9.78 Å². The highest BCUT2D eigenvalue weighted by molar-refractivity contribution is 8.00. The molecular weight excluding hydrogens is 455 g/mol. The number of hydrogen-bond donors (Lipinski definition) is 0. The Labute approximate surface area is 192 Å². The molecule has 1 saturated heterocycles. The van der Waals surface area contributed by atoms with Crippen LogP contribution in [-0.4, -0.2) is 33.4 Å². The van der Waals surface area contributed by atoms with E-state index in [1.807, 2.05) is 18.2 Å². The van der Waals surface area contributed by atoms with Gasteiger partial charge in [-0.1, -0.05) is 18.2 Å². The Balaban J connectivity index is 1.54. The molecule has 1 aliphatic rings. The Morgan fingerprint density at radius 2 is 1.73 bits per heavy atom. The first-order valence-corrected chi connectivity index (χ1v) is 10.7. The summed E-state index contributed by atoms with van der Waals surface area (Å²) in [4.78, 5) is 32.4. The first-order valence-electron chi connectivity index (χ1n) is 9.89. The molecule has 3 amide bonds. The first kappa shape index (κ1) is 22.7. The number of hydrogen-bond acceptors (Lipinski definition) is 5. The first-order chi connectivity index (χ1) is 15.7. The van der Waals surface area contributed by atoms with Gasteiger partial charge in [0.15, 0.2) is 5.75 Å². The summed E-state index contributed by atoms with van der Waals surface area (Å²) < 4.78 is 43.6. The molecule has 3 aromatic rings. The van der Waals surface area contributed by atoms with Crippen LogP contribution in [0.15, 0.2) is 78.0 Å². The number of thioether (sulfide) groups is 1. The molecule has 170 valence electrons. The fourth-order valence-electron chi connectivity index (χ4n) is 3.38. The summed E-state index contributed by atoms with van der Waals surface area (Å²) in [5.41, 5.74) is -3.56. The number of pyridine rings is 1. The van der Waals surface area contributed by atoms with Crippen LogP contribution in [0.2, 0.25) is 0 Å². The van der Waals surface area contributed by atoms with E-state index in [1.165, 1.54) is 35.4 Å². The van der Waals surface area contributed by atoms with Crippen LogP contribution in [0, 0.1) is 0 Å². The molecule has 10 heteroatoms. The predicted molar refractivity (Wildman–Crippen MR) is 117 cm³/mol. The smallest absolute Gasteiger partial charge is 0.446 e. The molecule has 0 radical (unpaired) electrons. The normalized spacial score (nSPS) is 16.4. The topological polar surface area (TPSA) is 62.7 Å². The zero-order valence-corrected chi connectivity index (χ0v) is 18.1. The average molecular weight is 473 g/mol. The molecule has 0 bridgehead atoms. The second kappa shape index (κ2) is 9.14. The van der Waals surface area contributed by atoms with Gasteiger partial charge in [0.25, 0.3) is 5.91 Å². The van der Waals surface area contributed by atoms with Crippen molar-refractivity contribution in [2.75, 3.05) is 4.90 Å². The summed E-state index contributed by atoms with van der Waals surface area (Å²) in [7, 11) is 0. The predicted octanol–water partition coefficient (Wildman–Crippen LogP) is 5.84. The molecule has 1 atom stereocenters. The van der Waals surface area contributed by atoms with E-state index in [9.17, 15) is 22.8 Å². The summed E-state index contributed by atoms with van der Waals surface area (Å²) in [6.07, 6.45) is 3.10. The van der Waals surface area contributed by atoms with Crippen LogP contribution in [0.5, 0.6) is 11.5 Å². The number of carbonyl (C=O) groups excluding carboxylic acids is 2. The fourth-order valence-corrected chi connectivity index (χ4v) is 3.92. The number of ether oxygens (including phenoxy) is 1. The molecule has 6 nitrogen and oxygen atoms in total. The number of rotatable bonds is 6. The quantitative estimate of drug-likeness (QED) is 0.332. The number of amides is 3. The lowest BCUT2D eigenvalue weighted by atomic mass is 10.2. The maximum absolute atomic E-state index is 13.1. The molecule has 33 heavy (non-hydrogen) atoms. The van der Waals surface area contributed by atoms with Gasteiger partial charge in [0.2, 0.25) is 0 Å². The lowest BCUT2D eigenvalue weighted by molar-refractivity contribution is -0.119. The highest BCUT2D eigenvalue weighted by Gasteiger charge is 2.43. The largest absolute Gasteiger partial charge is 0.455 e. The second-order valence-electron chi connectivity index (χ2n) is 7.20. The molecular formula is C23H18F3N3O3S. The molecule has 0 spiro atoms. The van der Waals surface area contributed by atoms with Gasteiger partial charge in [-0.25, -0.2) is 9.69 Å². The molecule has 1 unspecified atom stereocenters. The lowest BCUT2D eigenvalue weighted by Crippen LogP contribution is -2.33. The Morgan fingerprint density at radius 1 is 1.03 bits per heavy atom. The Bertz CT molecular complexity index is 1160. The maximum Gasteiger partial charge on any atom is 0.446 e. The summed E-state index contributed by atoms with van der Waals surface area (Å²) >= 11 is -0.260. The number of carbonyl (C=O) groups is 2. The minimum Gasteiger partial charge on any atom is -0.455 e. The highest BCUT2D eigenvalue weighted by Crippen LogP contribution is 2.38. The van der Waals surface area contributed by atoms with E-state index in [2.05, 4.69) is 4.98 Å². The van der Waals surface area contributed by atoms with Crippen molar-refractivity contribution in [2.24, 2.45) is 0 Å². The zero-order chi connectivity index (χ0) is 23.6. The van der Waals surface area contributed by atoms with Crippen LogP contribution in [0.25, 0.3) is 0 Å². The SMILES string of the molecule is CC1C(=O)N(c2ccc(SC(F)(F)F)cc2)C(=O)N1Cc1ccncc1Oc1ccccc1. The standard InChI is InChI=1S/C23H18F3N3O3S/c1-15-21(30)29(17-7-9-19(10-8-17)33-23(24,25)26)22(31)28(15)14-16-11-12-27-13-20(16)32-18-5-3-2-4-6-18/h2-13,15H,14H2,1H3. The maximum atomic E-state index is 13.1. The molecule has 4 rings (SSSR count). The van der Waals surface area contributed by atoms with E-state index in [-0.39, 0.29) is 28.9 Å². The third kappa shape index (κ3) is 5.11. The van der Waals surface area contributed by atoms with Gasteiger partial charge in [-0.05, 0) is 61.2 Å². The zero-order valence-electron chi connectivity index (χ0n) is 17.3. The van der Waals surface area contributed by atoms with Gasteiger partial charge in [-0.2, -0.15) is 13.2 Å². The van der Waals surface area contributed by atoms with Gasteiger partial charge in [0.05, 0.1) is 18.4 Å². The summed E-state index contributed by atoms with van der Waals surface area (Å²) in [6.45, 7) is 1.70. The van der Waals surface area contributed by atoms with E-state index < -0.39 is 23.5 Å². The van der Waals surface area contributed by atoms with E-state index in [4.69, 9.17) is 4.74 Å². The molecule has 1 aromatic heterocycles. The number of imide groups is 1. The number of benzene rings is 2. The fraction of sp³-hybridized carbons (Fsp3) is 0.174.